The van der Waals surface area contributed by atoms with Crippen molar-refractivity contribution in [3.05, 3.63) is 0 Å². The van der Waals surface area contributed by atoms with Crippen molar-refractivity contribution in [2.45, 2.75) is 91.0 Å². The molecular weight excluding hydrogens is 562 g/mol. The summed E-state index contributed by atoms with van der Waals surface area (Å²) in [6, 6.07) is -1.66. The Morgan fingerprint density at radius 3 is 2.16 bits per heavy atom. The lowest BCUT2D eigenvalue weighted by Crippen LogP contribution is -2.54. The van der Waals surface area contributed by atoms with Gasteiger partial charge >= 0.3 is 12.0 Å². The van der Waals surface area contributed by atoms with Crippen LogP contribution in [0.4, 0.5) is 4.79 Å². The molecule has 1 fully saturated rings. The number of rotatable bonds is 17. The summed E-state index contributed by atoms with van der Waals surface area (Å²) in [4.78, 5) is 77.3. The van der Waals surface area contributed by atoms with Gasteiger partial charge in [-0.2, -0.15) is 0 Å². The number of nitrogens with one attached hydrogen (secondary N) is 3. The number of imide groups is 1. The van der Waals surface area contributed by atoms with Gasteiger partial charge in [0.2, 0.25) is 23.6 Å². The van der Waals surface area contributed by atoms with Gasteiger partial charge in [0.05, 0.1) is 43.2 Å². The predicted octanol–water partition coefficient (Wildman–Crippen LogP) is 0.979. The number of hydrogen-bond donors (Lipinski definition) is 4. The third-order valence-corrected chi connectivity index (χ3v) is 7.97. The Hall–Kier alpha value is -3.26. The molecule has 4 N–H and O–H groups in total. The number of likely N-dealkylation sites (N-methyl/N-ethyl adjacent to an activating group) is 1. The quantitative estimate of drug-likeness (QED) is 0.186. The van der Waals surface area contributed by atoms with Crippen LogP contribution in [0.15, 0.2) is 0 Å². The molecule has 0 aromatic rings. The molecule has 0 radical (unpaired) electrons. The molecule has 1 rings (SSSR count). The fourth-order valence-electron chi connectivity index (χ4n) is 5.49. The van der Waals surface area contributed by atoms with E-state index in [2.05, 4.69) is 16.0 Å². The number of amides is 6. The number of carbonyl (C=O) groups excluding carboxylic acids is 5. The molecule has 1 saturated heterocycles. The van der Waals surface area contributed by atoms with E-state index in [0.29, 0.717) is 25.8 Å². The maximum atomic E-state index is 13.7. The van der Waals surface area contributed by atoms with E-state index in [1.807, 2.05) is 27.7 Å². The standard InChI is InChI=1S/C29H51N5O9/c1-9-18(4)26(33(6)23(36)13-17(2)3)21(42-7)14-24(37)34-12-10-11-20(34)27(43-8)19(5)28(40)32-29(41)31-15-22(35)30-16-25(38)39/h17-21,26-27H,9-16H2,1-8H3,(H,30,35)(H,38,39)(H2,31,32,40,41). The van der Waals surface area contributed by atoms with Gasteiger partial charge in [-0.1, -0.05) is 41.0 Å². The molecule has 1 heterocycles. The third kappa shape index (κ3) is 11.7. The van der Waals surface area contributed by atoms with Crippen LogP contribution in [0.2, 0.25) is 0 Å². The van der Waals surface area contributed by atoms with Crippen molar-refractivity contribution < 1.29 is 43.3 Å². The number of aliphatic carboxylic acids is 1. The lowest BCUT2D eigenvalue weighted by molar-refractivity contribution is -0.146. The highest BCUT2D eigenvalue weighted by molar-refractivity contribution is 5.97. The largest absolute Gasteiger partial charge is 0.480 e. The molecule has 0 aromatic carbocycles. The summed E-state index contributed by atoms with van der Waals surface area (Å²) in [7, 11) is 4.74. The molecule has 0 aromatic heterocycles. The lowest BCUT2D eigenvalue weighted by Gasteiger charge is -2.39. The van der Waals surface area contributed by atoms with Crippen LogP contribution in [0.5, 0.6) is 0 Å². The van der Waals surface area contributed by atoms with Crippen molar-refractivity contribution in [3.8, 4) is 0 Å². The van der Waals surface area contributed by atoms with Crippen molar-refractivity contribution in [3.63, 3.8) is 0 Å². The van der Waals surface area contributed by atoms with Crippen molar-refractivity contribution in [1.82, 2.24) is 25.8 Å². The number of carboxylic acid groups (broad SMARTS) is 1. The molecule has 246 valence electrons. The van der Waals surface area contributed by atoms with Gasteiger partial charge in [-0.25, -0.2) is 4.79 Å². The Morgan fingerprint density at radius 1 is 0.977 bits per heavy atom. The highest BCUT2D eigenvalue weighted by Crippen LogP contribution is 2.29. The second kappa shape index (κ2) is 18.4. The van der Waals surface area contributed by atoms with Crippen molar-refractivity contribution in [2.75, 3.05) is 40.9 Å². The van der Waals surface area contributed by atoms with Crippen LogP contribution in [-0.4, -0.2) is 116 Å². The van der Waals surface area contributed by atoms with E-state index < -0.39 is 61.1 Å². The fraction of sp³-hybridized carbons (Fsp3) is 0.793. The highest BCUT2D eigenvalue weighted by atomic mass is 16.5. The third-order valence-electron chi connectivity index (χ3n) is 7.97. The van der Waals surface area contributed by atoms with Gasteiger partial charge in [0, 0.05) is 34.2 Å². The van der Waals surface area contributed by atoms with Gasteiger partial charge in [-0.15, -0.1) is 0 Å². The summed E-state index contributed by atoms with van der Waals surface area (Å²) in [5, 5.41) is 15.1. The lowest BCUT2D eigenvalue weighted by atomic mass is 9.90. The van der Waals surface area contributed by atoms with Crippen LogP contribution in [0, 0.1) is 17.8 Å². The van der Waals surface area contributed by atoms with Crippen LogP contribution in [0.3, 0.4) is 0 Å². The summed E-state index contributed by atoms with van der Waals surface area (Å²) < 4.78 is 11.5. The van der Waals surface area contributed by atoms with Crippen LogP contribution >= 0.6 is 0 Å². The van der Waals surface area contributed by atoms with Crippen LogP contribution in [-0.2, 0) is 33.4 Å². The summed E-state index contributed by atoms with van der Waals surface area (Å²) >= 11 is 0. The van der Waals surface area contributed by atoms with Gasteiger partial charge < -0.3 is 35.0 Å². The summed E-state index contributed by atoms with van der Waals surface area (Å²) in [5.74, 6) is -3.35. The van der Waals surface area contributed by atoms with E-state index in [1.54, 1.807) is 30.9 Å². The van der Waals surface area contributed by atoms with E-state index >= 15 is 0 Å². The highest BCUT2D eigenvalue weighted by Gasteiger charge is 2.42. The van der Waals surface area contributed by atoms with E-state index in [9.17, 15) is 28.8 Å². The maximum Gasteiger partial charge on any atom is 0.322 e. The Labute approximate surface area is 254 Å². The molecule has 6 unspecified atom stereocenters. The van der Waals surface area contributed by atoms with Crippen LogP contribution in [0.1, 0.15) is 66.7 Å². The van der Waals surface area contributed by atoms with Gasteiger partial charge in [-0.3, -0.25) is 29.3 Å². The normalized spacial score (nSPS) is 18.3. The number of urea groups is 1. The Bertz CT molecular complexity index is 976. The van der Waals surface area contributed by atoms with E-state index in [4.69, 9.17) is 14.6 Å². The molecule has 43 heavy (non-hydrogen) atoms. The Balaban J connectivity index is 2.94. The number of likely N-dealkylation sites (tertiary alicyclic amines) is 1. The molecule has 1 aliphatic heterocycles. The van der Waals surface area contributed by atoms with E-state index in [0.717, 1.165) is 6.42 Å². The summed E-state index contributed by atoms with van der Waals surface area (Å²) in [5.41, 5.74) is 0. The minimum Gasteiger partial charge on any atom is -0.480 e. The molecule has 14 heteroatoms. The average Bonchev–Trinajstić information content (AvgIpc) is 3.43. The first-order valence-corrected chi connectivity index (χ1v) is 14.9. The molecular formula is C29H51N5O9. The van der Waals surface area contributed by atoms with Crippen LogP contribution in [0.25, 0.3) is 0 Å². The van der Waals surface area contributed by atoms with E-state index in [-0.39, 0.29) is 36.1 Å². The van der Waals surface area contributed by atoms with Gasteiger partial charge in [-0.05, 0) is 24.7 Å². The molecule has 1 aliphatic rings. The number of methoxy groups -OCH3 is 2. The monoisotopic (exact) mass is 613 g/mol. The molecule has 14 nitrogen and oxygen atoms in total. The van der Waals surface area contributed by atoms with Crippen molar-refractivity contribution >= 4 is 35.6 Å². The predicted molar refractivity (Wildman–Crippen MR) is 158 cm³/mol. The first-order valence-electron chi connectivity index (χ1n) is 14.9. The first kappa shape index (κ1) is 37.8. The number of nitrogens with zero attached hydrogens (tertiary/aromatic N) is 2. The molecule has 0 aliphatic carbocycles. The zero-order valence-corrected chi connectivity index (χ0v) is 26.8. The SMILES string of the molecule is CCC(C)C(C(CC(=O)N1CCCC1C(OC)C(C)C(=O)NC(=O)NCC(=O)NCC(=O)O)OC)N(C)C(=O)CC(C)C. The van der Waals surface area contributed by atoms with Crippen LogP contribution < -0.4 is 16.0 Å². The molecule has 6 atom stereocenters. The first-order chi connectivity index (χ1) is 20.2. The molecule has 0 bridgehead atoms. The van der Waals surface area contributed by atoms with Crippen molar-refractivity contribution in [2.24, 2.45) is 17.8 Å². The second-order valence-corrected chi connectivity index (χ2v) is 11.6. The van der Waals surface area contributed by atoms with Gasteiger partial charge in [0.1, 0.15) is 6.54 Å². The van der Waals surface area contributed by atoms with Gasteiger partial charge in [0.25, 0.3) is 0 Å². The molecule has 0 saturated carbocycles. The average molecular weight is 614 g/mol. The maximum absolute atomic E-state index is 13.7. The molecule has 6 amide bonds. The zero-order chi connectivity index (χ0) is 32.9. The van der Waals surface area contributed by atoms with E-state index in [1.165, 1.54) is 7.11 Å². The topological polar surface area (TPSA) is 184 Å². The minimum absolute atomic E-state index is 0.00180. The minimum atomic E-state index is -1.23. The second-order valence-electron chi connectivity index (χ2n) is 11.6. The number of hydrogen-bond acceptors (Lipinski definition) is 8. The fourth-order valence-corrected chi connectivity index (χ4v) is 5.49. The summed E-state index contributed by atoms with van der Waals surface area (Å²) in [6.45, 7) is 8.99. The van der Waals surface area contributed by atoms with Crippen molar-refractivity contribution in [1.29, 1.82) is 0 Å². The number of carbonyl (C=O) groups is 6. The number of ether oxygens (including phenoxy) is 2. The number of carboxylic acids is 1. The smallest absolute Gasteiger partial charge is 0.322 e. The molecule has 0 spiro atoms. The zero-order valence-electron chi connectivity index (χ0n) is 26.8. The van der Waals surface area contributed by atoms with Gasteiger partial charge in [0.15, 0.2) is 0 Å². The summed E-state index contributed by atoms with van der Waals surface area (Å²) in [6.07, 6.45) is 1.27. The Morgan fingerprint density at radius 2 is 1.63 bits per heavy atom. The Kier molecular flexibility index (Phi) is 16.2.